The van der Waals surface area contributed by atoms with Crippen molar-refractivity contribution in [2.24, 2.45) is 10.9 Å². The van der Waals surface area contributed by atoms with Gasteiger partial charge in [0.15, 0.2) is 5.82 Å². The first-order valence-electron chi connectivity index (χ1n) is 7.97. The normalized spacial score (nSPS) is 11.9. The molecule has 0 aromatic carbocycles. The summed E-state index contributed by atoms with van der Waals surface area (Å²) >= 11 is 9.58. The first kappa shape index (κ1) is 21.8. The third-order valence-electron chi connectivity index (χ3n) is 3.54. The number of hydrazine groups is 1. The van der Waals surface area contributed by atoms with Crippen molar-refractivity contribution >= 4 is 57.0 Å². The van der Waals surface area contributed by atoms with E-state index in [1.165, 1.54) is 30.8 Å². The highest BCUT2D eigenvalue weighted by Gasteiger charge is 2.17. The molecule has 0 aliphatic heterocycles. The Hall–Kier alpha value is -2.53. The van der Waals surface area contributed by atoms with Crippen molar-refractivity contribution in [2.45, 2.75) is 13.0 Å². The molecule has 0 saturated carbocycles. The number of pyridine rings is 2. The molecule has 2 aromatic rings. The summed E-state index contributed by atoms with van der Waals surface area (Å²) < 4.78 is 6.07. The molecule has 2 amide bonds. The van der Waals surface area contributed by atoms with Gasteiger partial charge in [0.25, 0.3) is 0 Å². The van der Waals surface area contributed by atoms with Gasteiger partial charge in [-0.05, 0) is 35.0 Å². The Kier molecular flexibility index (Phi) is 7.88. The predicted molar refractivity (Wildman–Crippen MR) is 115 cm³/mol. The Morgan fingerprint density at radius 2 is 2.21 bits per heavy atom. The number of aromatic nitrogens is 2. The SMILES string of the molecule is C=C/C=N\N(N)c1ncc(NC(=O)Nc2cncc(Br)c2C(C)OC)cc1Cl. The van der Waals surface area contributed by atoms with Crippen molar-refractivity contribution in [1.82, 2.24) is 9.97 Å². The number of hydrogen-bond donors (Lipinski definition) is 3. The summed E-state index contributed by atoms with van der Waals surface area (Å²) in [6, 6.07) is 1.01. The van der Waals surface area contributed by atoms with Crippen LogP contribution < -0.4 is 21.6 Å². The van der Waals surface area contributed by atoms with Gasteiger partial charge in [0.1, 0.15) is 0 Å². The van der Waals surface area contributed by atoms with Gasteiger partial charge in [0.2, 0.25) is 0 Å². The van der Waals surface area contributed by atoms with E-state index < -0.39 is 6.03 Å². The molecule has 0 radical (unpaired) electrons. The number of carbonyl (C=O) groups excluding carboxylic acids is 1. The quantitative estimate of drug-likeness (QED) is 0.320. The zero-order valence-corrected chi connectivity index (χ0v) is 17.5. The van der Waals surface area contributed by atoms with E-state index in [0.29, 0.717) is 11.4 Å². The number of urea groups is 1. The van der Waals surface area contributed by atoms with Crippen LogP contribution >= 0.6 is 27.5 Å². The van der Waals surface area contributed by atoms with Gasteiger partial charge in [-0.25, -0.2) is 15.6 Å². The second-order valence-corrected chi connectivity index (χ2v) is 6.68. The monoisotopic (exact) mass is 467 g/mol. The zero-order chi connectivity index (χ0) is 20.7. The molecule has 9 nitrogen and oxygen atoms in total. The molecular weight excluding hydrogens is 450 g/mol. The molecule has 0 saturated heterocycles. The zero-order valence-electron chi connectivity index (χ0n) is 15.2. The van der Waals surface area contributed by atoms with Gasteiger partial charge >= 0.3 is 6.03 Å². The van der Waals surface area contributed by atoms with Crippen LogP contribution in [-0.4, -0.2) is 29.3 Å². The Labute approximate surface area is 175 Å². The molecule has 2 rings (SSSR count). The van der Waals surface area contributed by atoms with Crippen LogP contribution in [0.1, 0.15) is 18.6 Å². The molecular formula is C17H19BrClN7O2. The largest absolute Gasteiger partial charge is 0.377 e. The summed E-state index contributed by atoms with van der Waals surface area (Å²) in [5.74, 6) is 5.95. The highest BCUT2D eigenvalue weighted by Crippen LogP contribution is 2.31. The third kappa shape index (κ3) is 5.49. The second-order valence-electron chi connectivity index (χ2n) is 5.41. The lowest BCUT2D eigenvalue weighted by molar-refractivity contribution is 0.119. The van der Waals surface area contributed by atoms with Crippen LogP contribution in [0.5, 0.6) is 0 Å². The maximum Gasteiger partial charge on any atom is 0.323 e. The van der Waals surface area contributed by atoms with Crippen molar-refractivity contribution in [2.75, 3.05) is 22.9 Å². The number of hydrazone groups is 1. The lowest BCUT2D eigenvalue weighted by atomic mass is 10.1. The number of nitrogens with one attached hydrogen (secondary N) is 2. The molecule has 4 N–H and O–H groups in total. The number of nitrogens with zero attached hydrogens (tertiary/aromatic N) is 4. The summed E-state index contributed by atoms with van der Waals surface area (Å²) in [6.07, 6.45) is 7.17. The van der Waals surface area contributed by atoms with Crippen LogP contribution in [0.15, 0.2) is 46.9 Å². The number of allylic oxidation sites excluding steroid dienone is 1. The van der Waals surface area contributed by atoms with E-state index in [-0.39, 0.29) is 16.9 Å². The lowest BCUT2D eigenvalue weighted by Gasteiger charge is -2.17. The summed E-state index contributed by atoms with van der Waals surface area (Å²) in [5, 5.41) is 10.5. The molecule has 28 heavy (non-hydrogen) atoms. The van der Waals surface area contributed by atoms with Crippen LogP contribution in [0.3, 0.4) is 0 Å². The lowest BCUT2D eigenvalue weighted by Crippen LogP contribution is -2.26. The standard InChI is InChI=1S/C17H19BrClN7O2/c1-4-5-23-26(20)16-13(19)6-11(7-22-16)24-17(27)25-14-9-21-8-12(18)15(14)10(2)28-3/h4-10H,1,20H2,2-3H3,(H2,24,25,27)/b23-5-. The molecule has 2 heterocycles. The maximum absolute atomic E-state index is 12.4. The van der Waals surface area contributed by atoms with E-state index in [9.17, 15) is 4.79 Å². The topological polar surface area (TPSA) is 118 Å². The van der Waals surface area contributed by atoms with Crippen molar-refractivity contribution in [3.8, 4) is 0 Å². The van der Waals surface area contributed by atoms with Crippen LogP contribution in [0, 0.1) is 0 Å². The van der Waals surface area contributed by atoms with Gasteiger partial charge in [-0.3, -0.25) is 4.98 Å². The van der Waals surface area contributed by atoms with Gasteiger partial charge < -0.3 is 15.4 Å². The number of nitrogens with two attached hydrogens (primary N) is 1. The Bertz CT molecular complexity index is 894. The molecule has 0 aliphatic rings. The fraction of sp³-hybridized carbons (Fsp3) is 0.176. The minimum Gasteiger partial charge on any atom is -0.377 e. The molecule has 11 heteroatoms. The van der Waals surface area contributed by atoms with E-state index >= 15 is 0 Å². The van der Waals surface area contributed by atoms with Crippen molar-refractivity contribution < 1.29 is 9.53 Å². The molecule has 0 bridgehead atoms. The fourth-order valence-corrected chi connectivity index (χ4v) is 3.11. The van der Waals surface area contributed by atoms with Crippen molar-refractivity contribution in [3.63, 3.8) is 0 Å². The third-order valence-corrected chi connectivity index (χ3v) is 4.45. The van der Waals surface area contributed by atoms with Gasteiger partial charge in [-0.2, -0.15) is 10.2 Å². The average Bonchev–Trinajstić information content (AvgIpc) is 2.65. The first-order chi connectivity index (χ1) is 13.4. The number of ether oxygens (including phenoxy) is 1. The first-order valence-corrected chi connectivity index (χ1v) is 9.14. The average molecular weight is 469 g/mol. The number of rotatable bonds is 7. The smallest absolute Gasteiger partial charge is 0.323 e. The number of anilines is 3. The van der Waals surface area contributed by atoms with Crippen LogP contribution in [-0.2, 0) is 4.74 Å². The minimum atomic E-state index is -0.496. The molecule has 2 aromatic heterocycles. The van der Waals surface area contributed by atoms with Crippen molar-refractivity contribution in [3.05, 3.63) is 52.4 Å². The van der Waals surface area contributed by atoms with Gasteiger partial charge in [0, 0.05) is 29.6 Å². The molecule has 0 spiro atoms. The van der Waals surface area contributed by atoms with E-state index in [1.807, 2.05) is 6.92 Å². The second kappa shape index (κ2) is 10.1. The molecule has 148 valence electrons. The number of amides is 2. The Morgan fingerprint density at radius 1 is 1.46 bits per heavy atom. The minimum absolute atomic E-state index is 0.208. The number of hydrogen-bond acceptors (Lipinski definition) is 7. The molecule has 1 unspecified atom stereocenters. The summed E-state index contributed by atoms with van der Waals surface area (Å²) in [6.45, 7) is 5.36. The summed E-state index contributed by atoms with van der Waals surface area (Å²) in [4.78, 5) is 20.6. The molecule has 1 atom stereocenters. The van der Waals surface area contributed by atoms with Crippen LogP contribution in [0.25, 0.3) is 0 Å². The van der Waals surface area contributed by atoms with Crippen molar-refractivity contribution in [1.29, 1.82) is 0 Å². The van der Waals surface area contributed by atoms with E-state index in [0.717, 1.165) is 15.2 Å². The Balaban J connectivity index is 2.14. The number of carbonyl (C=O) groups is 1. The highest BCUT2D eigenvalue weighted by atomic mass is 79.9. The van der Waals surface area contributed by atoms with E-state index in [4.69, 9.17) is 22.2 Å². The number of methoxy groups -OCH3 is 1. The highest BCUT2D eigenvalue weighted by molar-refractivity contribution is 9.10. The molecule has 0 fully saturated rings. The maximum atomic E-state index is 12.4. The van der Waals surface area contributed by atoms with Crippen LogP contribution in [0.2, 0.25) is 5.02 Å². The summed E-state index contributed by atoms with van der Waals surface area (Å²) in [7, 11) is 1.58. The fourth-order valence-electron chi connectivity index (χ4n) is 2.20. The molecule has 0 aliphatic carbocycles. The van der Waals surface area contributed by atoms with Gasteiger partial charge in [-0.15, -0.1) is 0 Å². The summed E-state index contributed by atoms with van der Waals surface area (Å²) in [5.41, 5.74) is 1.64. The Morgan fingerprint density at radius 3 is 2.86 bits per heavy atom. The van der Waals surface area contributed by atoms with Gasteiger partial charge in [-0.1, -0.05) is 18.2 Å². The van der Waals surface area contributed by atoms with E-state index in [2.05, 4.69) is 48.2 Å². The van der Waals surface area contributed by atoms with E-state index in [1.54, 1.807) is 13.3 Å². The van der Waals surface area contributed by atoms with Crippen LogP contribution in [0.4, 0.5) is 22.0 Å². The van der Waals surface area contributed by atoms with Gasteiger partial charge in [0.05, 0.1) is 34.9 Å². The predicted octanol–water partition coefficient (Wildman–Crippen LogP) is 4.10. The number of halogens is 2.